The number of hydrogen-bond acceptors (Lipinski definition) is 3. The van der Waals surface area contributed by atoms with Crippen LogP contribution in [0.1, 0.15) is 12.5 Å². The normalized spacial score (nSPS) is 10.8. The number of amides is 1. The van der Waals surface area contributed by atoms with Gasteiger partial charge < -0.3 is 14.6 Å². The van der Waals surface area contributed by atoms with Crippen molar-refractivity contribution < 1.29 is 9.90 Å². The summed E-state index contributed by atoms with van der Waals surface area (Å²) in [6, 6.07) is 14.7. The van der Waals surface area contributed by atoms with Crippen molar-refractivity contribution in [1.82, 2.24) is 14.5 Å². The average Bonchev–Trinajstić information content (AvgIpc) is 2.97. The van der Waals surface area contributed by atoms with Crippen molar-refractivity contribution in [3.63, 3.8) is 0 Å². The molecular formula is C18H19N3O2. The molecule has 1 heterocycles. The van der Waals surface area contributed by atoms with Gasteiger partial charge in [-0.2, -0.15) is 0 Å². The first-order chi connectivity index (χ1) is 11.2. The number of likely N-dealkylation sites (N-methyl/N-ethyl adjacent to an activating group) is 1. The molecule has 23 heavy (non-hydrogen) atoms. The molecule has 0 radical (unpaired) electrons. The Hall–Kier alpha value is -2.82. The zero-order chi connectivity index (χ0) is 16.2. The predicted octanol–water partition coefficient (Wildman–Crippen LogP) is 2.79. The summed E-state index contributed by atoms with van der Waals surface area (Å²) in [5.74, 6) is 0.275. The lowest BCUT2D eigenvalue weighted by atomic mass is 10.2. The summed E-state index contributed by atoms with van der Waals surface area (Å²) < 4.78 is 1.87. The van der Waals surface area contributed by atoms with E-state index in [1.807, 2.05) is 47.9 Å². The third-order valence-electron chi connectivity index (χ3n) is 3.88. The molecule has 5 nitrogen and oxygen atoms in total. The van der Waals surface area contributed by atoms with Gasteiger partial charge in [0.2, 0.25) is 5.91 Å². The lowest BCUT2D eigenvalue weighted by Gasteiger charge is -2.21. The first-order valence-electron chi connectivity index (χ1n) is 7.63. The zero-order valence-corrected chi connectivity index (χ0v) is 13.0. The Labute approximate surface area is 134 Å². The Morgan fingerprint density at radius 3 is 2.65 bits per heavy atom. The summed E-state index contributed by atoms with van der Waals surface area (Å²) in [4.78, 5) is 18.7. The molecule has 5 heteroatoms. The van der Waals surface area contributed by atoms with Crippen molar-refractivity contribution in [2.45, 2.75) is 20.0 Å². The monoisotopic (exact) mass is 309 g/mol. The largest absolute Gasteiger partial charge is 0.508 e. The maximum absolute atomic E-state index is 12.6. The van der Waals surface area contributed by atoms with E-state index < -0.39 is 0 Å². The average molecular weight is 309 g/mol. The molecule has 0 aliphatic rings. The molecule has 0 fully saturated rings. The number of imidazole rings is 1. The van der Waals surface area contributed by atoms with Gasteiger partial charge in [-0.1, -0.05) is 24.3 Å². The second-order valence-electron chi connectivity index (χ2n) is 5.44. The lowest BCUT2D eigenvalue weighted by molar-refractivity contribution is -0.132. The van der Waals surface area contributed by atoms with Gasteiger partial charge in [-0.3, -0.25) is 4.79 Å². The number of rotatable bonds is 5. The molecule has 0 unspecified atom stereocenters. The van der Waals surface area contributed by atoms with Crippen molar-refractivity contribution in [3.8, 4) is 5.75 Å². The number of carbonyl (C=O) groups excluding carboxylic acids is 1. The predicted molar refractivity (Wildman–Crippen MR) is 88.9 cm³/mol. The quantitative estimate of drug-likeness (QED) is 0.788. The van der Waals surface area contributed by atoms with Gasteiger partial charge in [0.25, 0.3) is 0 Å². The van der Waals surface area contributed by atoms with E-state index in [9.17, 15) is 9.90 Å². The SMILES string of the molecule is CCN(Cc1ccc(O)cc1)C(=O)Cn1cnc2ccccc21. The van der Waals surface area contributed by atoms with Crippen LogP contribution in [0.2, 0.25) is 0 Å². The van der Waals surface area contributed by atoms with E-state index >= 15 is 0 Å². The van der Waals surface area contributed by atoms with Gasteiger partial charge in [0, 0.05) is 13.1 Å². The molecule has 0 spiro atoms. The number of phenolic OH excluding ortho intramolecular Hbond substituents is 1. The van der Waals surface area contributed by atoms with Crippen LogP contribution in [0.5, 0.6) is 5.75 Å². The summed E-state index contributed by atoms with van der Waals surface area (Å²) in [7, 11) is 0. The van der Waals surface area contributed by atoms with Crippen molar-refractivity contribution in [3.05, 3.63) is 60.4 Å². The molecule has 3 rings (SSSR count). The van der Waals surface area contributed by atoms with Gasteiger partial charge in [-0.15, -0.1) is 0 Å². The van der Waals surface area contributed by atoms with Crippen LogP contribution in [0.15, 0.2) is 54.9 Å². The lowest BCUT2D eigenvalue weighted by Crippen LogP contribution is -2.33. The third-order valence-corrected chi connectivity index (χ3v) is 3.88. The Morgan fingerprint density at radius 2 is 1.91 bits per heavy atom. The molecule has 0 saturated heterocycles. The van der Waals surface area contributed by atoms with E-state index in [-0.39, 0.29) is 18.2 Å². The highest BCUT2D eigenvalue weighted by atomic mass is 16.3. The van der Waals surface area contributed by atoms with E-state index in [4.69, 9.17) is 0 Å². The van der Waals surface area contributed by atoms with Crippen LogP contribution in [0.25, 0.3) is 11.0 Å². The minimum Gasteiger partial charge on any atom is -0.508 e. The molecule has 2 aromatic carbocycles. The Balaban J connectivity index is 1.73. The Morgan fingerprint density at radius 1 is 1.17 bits per heavy atom. The highest BCUT2D eigenvalue weighted by Gasteiger charge is 2.14. The molecule has 0 aliphatic heterocycles. The summed E-state index contributed by atoms with van der Waals surface area (Å²) in [5.41, 5.74) is 2.84. The summed E-state index contributed by atoms with van der Waals surface area (Å²) in [6.45, 7) is 3.39. The third kappa shape index (κ3) is 3.34. The van der Waals surface area contributed by atoms with Gasteiger partial charge in [0.1, 0.15) is 12.3 Å². The van der Waals surface area contributed by atoms with Crippen molar-refractivity contribution in [2.24, 2.45) is 0 Å². The van der Waals surface area contributed by atoms with Gasteiger partial charge in [0.05, 0.1) is 17.4 Å². The minimum atomic E-state index is 0.0451. The number of fused-ring (bicyclic) bond motifs is 1. The maximum atomic E-state index is 12.6. The van der Waals surface area contributed by atoms with E-state index in [0.717, 1.165) is 16.6 Å². The fourth-order valence-corrected chi connectivity index (χ4v) is 2.58. The number of aromatic hydroxyl groups is 1. The molecule has 0 saturated carbocycles. The second kappa shape index (κ2) is 6.52. The Bertz CT molecular complexity index is 809. The molecule has 1 N–H and O–H groups in total. The van der Waals surface area contributed by atoms with Gasteiger partial charge in [-0.05, 0) is 36.8 Å². The zero-order valence-electron chi connectivity index (χ0n) is 13.0. The van der Waals surface area contributed by atoms with Gasteiger partial charge >= 0.3 is 0 Å². The summed E-state index contributed by atoms with van der Waals surface area (Å²) in [6.07, 6.45) is 1.71. The molecule has 0 aliphatic carbocycles. The number of hydrogen-bond donors (Lipinski definition) is 1. The van der Waals surface area contributed by atoms with E-state index in [2.05, 4.69) is 4.98 Å². The smallest absolute Gasteiger partial charge is 0.242 e. The van der Waals surface area contributed by atoms with Crippen LogP contribution in [0, 0.1) is 0 Å². The molecule has 3 aromatic rings. The number of aromatic nitrogens is 2. The van der Waals surface area contributed by atoms with Crippen LogP contribution in [0.4, 0.5) is 0 Å². The fourth-order valence-electron chi connectivity index (χ4n) is 2.58. The highest BCUT2D eigenvalue weighted by Crippen LogP contribution is 2.14. The maximum Gasteiger partial charge on any atom is 0.242 e. The fraction of sp³-hybridized carbons (Fsp3) is 0.222. The van der Waals surface area contributed by atoms with Gasteiger partial charge in [-0.25, -0.2) is 4.98 Å². The Kier molecular flexibility index (Phi) is 4.28. The van der Waals surface area contributed by atoms with Crippen molar-refractivity contribution >= 4 is 16.9 Å². The first kappa shape index (κ1) is 15.1. The molecular weight excluding hydrogens is 290 g/mol. The van der Waals surface area contributed by atoms with Crippen LogP contribution >= 0.6 is 0 Å². The number of carbonyl (C=O) groups is 1. The van der Waals surface area contributed by atoms with E-state index in [1.54, 1.807) is 23.4 Å². The molecule has 0 bridgehead atoms. The first-order valence-corrected chi connectivity index (χ1v) is 7.63. The summed E-state index contributed by atoms with van der Waals surface area (Å²) >= 11 is 0. The van der Waals surface area contributed by atoms with E-state index in [1.165, 1.54) is 0 Å². The molecule has 1 aromatic heterocycles. The van der Waals surface area contributed by atoms with Crippen LogP contribution < -0.4 is 0 Å². The molecule has 118 valence electrons. The van der Waals surface area contributed by atoms with Crippen molar-refractivity contribution in [1.29, 1.82) is 0 Å². The summed E-state index contributed by atoms with van der Waals surface area (Å²) in [5, 5.41) is 9.34. The van der Waals surface area contributed by atoms with E-state index in [0.29, 0.717) is 13.1 Å². The van der Waals surface area contributed by atoms with Crippen LogP contribution in [-0.4, -0.2) is 32.0 Å². The second-order valence-corrected chi connectivity index (χ2v) is 5.44. The number of benzene rings is 2. The number of para-hydroxylation sites is 2. The highest BCUT2D eigenvalue weighted by molar-refractivity contribution is 5.80. The molecule has 1 amide bonds. The molecule has 0 atom stereocenters. The van der Waals surface area contributed by atoms with Crippen LogP contribution in [-0.2, 0) is 17.9 Å². The minimum absolute atomic E-state index is 0.0451. The number of nitrogens with zero attached hydrogens (tertiary/aromatic N) is 3. The van der Waals surface area contributed by atoms with Crippen LogP contribution in [0.3, 0.4) is 0 Å². The topological polar surface area (TPSA) is 58.4 Å². The number of phenols is 1. The van der Waals surface area contributed by atoms with Crippen molar-refractivity contribution in [2.75, 3.05) is 6.54 Å². The standard InChI is InChI=1S/C18H19N3O2/c1-2-20(11-14-7-9-15(22)10-8-14)18(23)12-21-13-19-16-5-3-4-6-17(16)21/h3-10,13,22H,2,11-12H2,1H3. The van der Waals surface area contributed by atoms with Gasteiger partial charge in [0.15, 0.2) is 0 Å².